The summed E-state index contributed by atoms with van der Waals surface area (Å²) in [5, 5.41) is 3.64. The van der Waals surface area contributed by atoms with Crippen LogP contribution in [0.15, 0.2) is 29.1 Å². The van der Waals surface area contributed by atoms with Crippen molar-refractivity contribution in [2.45, 2.75) is 13.3 Å². The largest absolute Gasteiger partial charge is 0.496 e. The lowest BCUT2D eigenvalue weighted by molar-refractivity contribution is -0.111. The molecule has 21 heavy (non-hydrogen) atoms. The number of carbonyl (C=O) groups excluding carboxylic acids is 1. The van der Waals surface area contributed by atoms with E-state index in [9.17, 15) is 9.59 Å². The van der Waals surface area contributed by atoms with Gasteiger partial charge in [0.25, 0.3) is 5.56 Å². The topological polar surface area (TPSA) is 61.2 Å². The number of benzene rings is 1. The van der Waals surface area contributed by atoms with Gasteiger partial charge >= 0.3 is 0 Å². The number of rotatable bonds is 4. The first-order valence-electron chi connectivity index (χ1n) is 6.33. The number of aromatic nitrogens is 2. The maximum absolute atomic E-state index is 11.9. The highest BCUT2D eigenvalue weighted by atomic mass is 35.5. The van der Waals surface area contributed by atoms with Crippen molar-refractivity contribution in [3.63, 3.8) is 0 Å². The molecule has 0 saturated carbocycles. The van der Waals surface area contributed by atoms with E-state index >= 15 is 0 Å². The quantitative estimate of drug-likeness (QED) is 0.811. The summed E-state index contributed by atoms with van der Waals surface area (Å²) >= 11 is 5.38. The minimum absolute atomic E-state index is 0.112. The van der Waals surface area contributed by atoms with Crippen molar-refractivity contribution in [3.05, 3.63) is 45.7 Å². The number of nitrogens with zero attached hydrogens (tertiary/aromatic N) is 2. The summed E-state index contributed by atoms with van der Waals surface area (Å²) in [5.74, 6) is 0.778. The van der Waals surface area contributed by atoms with Crippen LogP contribution in [-0.2, 0) is 18.3 Å². The number of aryl methyl sites for hydroxylation is 2. The fourth-order valence-corrected chi connectivity index (χ4v) is 2.27. The molecule has 1 aromatic carbocycles. The van der Waals surface area contributed by atoms with Gasteiger partial charge in [-0.3, -0.25) is 9.59 Å². The highest BCUT2D eigenvalue weighted by Gasteiger charge is 2.11. The van der Waals surface area contributed by atoms with Crippen LogP contribution in [-0.4, -0.2) is 22.1 Å². The highest BCUT2D eigenvalue weighted by Crippen LogP contribution is 2.24. The lowest BCUT2D eigenvalue weighted by atomic mass is 10.1. The van der Waals surface area contributed by atoms with E-state index in [2.05, 4.69) is 5.10 Å². The molecule has 0 unspecified atom stereocenters. The Kier molecular flexibility index (Phi) is 4.43. The zero-order chi connectivity index (χ0) is 15.6. The number of halogens is 1. The zero-order valence-electron chi connectivity index (χ0n) is 12.0. The maximum atomic E-state index is 11.9. The standard InChI is InChI=1S/C15H15ClN2O3/c1-9-6-10(4-5-13(9)21-3)12-7-11(8-14(16)19)15(20)18(2)17-12/h4-7H,8H2,1-3H3. The SMILES string of the molecule is COc1ccc(-c2cc(CC(=O)Cl)c(=O)n(C)n2)cc1C. The van der Waals surface area contributed by atoms with Gasteiger partial charge in [-0.1, -0.05) is 0 Å². The van der Waals surface area contributed by atoms with Gasteiger partial charge < -0.3 is 4.74 Å². The van der Waals surface area contributed by atoms with E-state index in [0.29, 0.717) is 11.3 Å². The summed E-state index contributed by atoms with van der Waals surface area (Å²) in [5.41, 5.74) is 2.41. The molecule has 5 nitrogen and oxygen atoms in total. The van der Waals surface area contributed by atoms with Crippen molar-refractivity contribution < 1.29 is 9.53 Å². The van der Waals surface area contributed by atoms with Crippen LogP contribution in [0, 0.1) is 6.92 Å². The van der Waals surface area contributed by atoms with Gasteiger partial charge in [-0.05, 0) is 48.4 Å². The molecule has 0 amide bonds. The number of carbonyl (C=O) groups is 1. The van der Waals surface area contributed by atoms with Gasteiger partial charge in [0.15, 0.2) is 0 Å². The van der Waals surface area contributed by atoms with Crippen LogP contribution in [0.25, 0.3) is 11.3 Å². The normalized spacial score (nSPS) is 10.5. The number of hydrogen-bond donors (Lipinski definition) is 0. The smallest absolute Gasteiger partial charge is 0.270 e. The predicted molar refractivity (Wildman–Crippen MR) is 80.8 cm³/mol. The minimum atomic E-state index is -0.574. The number of hydrogen-bond acceptors (Lipinski definition) is 4. The maximum Gasteiger partial charge on any atom is 0.270 e. The average Bonchev–Trinajstić information content (AvgIpc) is 2.43. The van der Waals surface area contributed by atoms with E-state index in [4.69, 9.17) is 16.3 Å². The second kappa shape index (κ2) is 6.10. The summed E-state index contributed by atoms with van der Waals surface area (Å²) in [6, 6.07) is 7.20. The van der Waals surface area contributed by atoms with E-state index in [1.54, 1.807) is 20.2 Å². The van der Waals surface area contributed by atoms with Gasteiger partial charge in [-0.2, -0.15) is 5.10 Å². The molecule has 0 atom stereocenters. The van der Waals surface area contributed by atoms with Crippen LogP contribution in [0.5, 0.6) is 5.75 Å². The molecule has 0 radical (unpaired) electrons. The molecule has 0 aliphatic heterocycles. The average molecular weight is 307 g/mol. The first-order valence-corrected chi connectivity index (χ1v) is 6.70. The first-order chi connectivity index (χ1) is 9.92. The monoisotopic (exact) mass is 306 g/mol. The van der Waals surface area contributed by atoms with Crippen molar-refractivity contribution in [3.8, 4) is 17.0 Å². The first kappa shape index (κ1) is 15.3. The predicted octanol–water partition coefficient (Wildman–Crippen LogP) is 2.07. The summed E-state index contributed by atoms with van der Waals surface area (Å²) < 4.78 is 6.43. The third kappa shape index (κ3) is 3.31. The molecule has 0 N–H and O–H groups in total. The third-order valence-corrected chi connectivity index (χ3v) is 3.29. The lowest BCUT2D eigenvalue weighted by Crippen LogP contribution is -2.24. The Labute approximate surface area is 127 Å². The third-order valence-electron chi connectivity index (χ3n) is 3.16. The minimum Gasteiger partial charge on any atom is -0.496 e. The van der Waals surface area contributed by atoms with E-state index in [1.165, 1.54) is 4.68 Å². The highest BCUT2D eigenvalue weighted by molar-refractivity contribution is 6.63. The molecule has 0 bridgehead atoms. The van der Waals surface area contributed by atoms with Crippen molar-refractivity contribution in [2.24, 2.45) is 7.05 Å². The fraction of sp³-hybridized carbons (Fsp3) is 0.267. The second-order valence-corrected chi connectivity index (χ2v) is 5.12. The van der Waals surface area contributed by atoms with Crippen molar-refractivity contribution >= 4 is 16.8 Å². The van der Waals surface area contributed by atoms with Crippen molar-refractivity contribution in [1.29, 1.82) is 0 Å². The second-order valence-electron chi connectivity index (χ2n) is 4.70. The van der Waals surface area contributed by atoms with E-state index in [-0.39, 0.29) is 12.0 Å². The Morgan fingerprint density at radius 2 is 2.10 bits per heavy atom. The molecular weight excluding hydrogens is 292 g/mol. The molecule has 0 saturated heterocycles. The Morgan fingerprint density at radius 1 is 1.38 bits per heavy atom. The van der Waals surface area contributed by atoms with Crippen LogP contribution in [0.2, 0.25) is 0 Å². The fourth-order valence-electron chi connectivity index (χ4n) is 2.13. The van der Waals surface area contributed by atoms with E-state index < -0.39 is 5.24 Å². The Morgan fingerprint density at radius 3 is 2.67 bits per heavy atom. The van der Waals surface area contributed by atoms with E-state index in [0.717, 1.165) is 16.9 Å². The van der Waals surface area contributed by atoms with Gasteiger partial charge in [-0.15, -0.1) is 0 Å². The van der Waals surface area contributed by atoms with Crippen LogP contribution in [0.1, 0.15) is 11.1 Å². The molecule has 1 aromatic heterocycles. The molecule has 110 valence electrons. The molecule has 2 rings (SSSR count). The Bertz CT molecular complexity index is 753. The van der Waals surface area contributed by atoms with Crippen LogP contribution in [0.3, 0.4) is 0 Å². The number of methoxy groups -OCH3 is 1. The molecule has 2 aromatic rings. The molecular formula is C15H15ClN2O3. The van der Waals surface area contributed by atoms with Crippen LogP contribution in [0.4, 0.5) is 0 Å². The summed E-state index contributed by atoms with van der Waals surface area (Å²) in [4.78, 5) is 23.0. The molecule has 0 spiro atoms. The summed E-state index contributed by atoms with van der Waals surface area (Å²) in [7, 11) is 3.15. The molecule has 0 aliphatic rings. The molecule has 0 aliphatic carbocycles. The van der Waals surface area contributed by atoms with Gasteiger partial charge in [0, 0.05) is 18.2 Å². The van der Waals surface area contributed by atoms with Gasteiger partial charge in [0.2, 0.25) is 5.24 Å². The van der Waals surface area contributed by atoms with E-state index in [1.807, 2.05) is 25.1 Å². The number of ether oxygens (including phenoxy) is 1. The zero-order valence-corrected chi connectivity index (χ0v) is 12.8. The molecule has 6 heteroatoms. The molecule has 0 fully saturated rings. The van der Waals surface area contributed by atoms with Gasteiger partial charge in [0.05, 0.1) is 19.2 Å². The van der Waals surface area contributed by atoms with Crippen LogP contribution < -0.4 is 10.3 Å². The lowest BCUT2D eigenvalue weighted by Gasteiger charge is -2.09. The van der Waals surface area contributed by atoms with Crippen LogP contribution >= 0.6 is 11.6 Å². The van der Waals surface area contributed by atoms with Gasteiger partial charge in [0.1, 0.15) is 5.75 Å². The van der Waals surface area contributed by atoms with Crippen molar-refractivity contribution in [1.82, 2.24) is 9.78 Å². The summed E-state index contributed by atoms with van der Waals surface area (Å²) in [6.45, 7) is 1.92. The summed E-state index contributed by atoms with van der Waals surface area (Å²) in [6.07, 6.45) is -0.112. The Balaban J connectivity index is 2.54. The van der Waals surface area contributed by atoms with Gasteiger partial charge in [-0.25, -0.2) is 4.68 Å². The molecule has 1 heterocycles. The van der Waals surface area contributed by atoms with Crippen molar-refractivity contribution in [2.75, 3.05) is 7.11 Å². The Hall–Kier alpha value is -2.14.